The molecule has 2 aromatic rings. The minimum Gasteiger partial charge on any atom is -0.356 e. The van der Waals surface area contributed by atoms with Gasteiger partial charge in [-0.2, -0.15) is 5.10 Å². The van der Waals surface area contributed by atoms with Gasteiger partial charge in [0.1, 0.15) is 0 Å². The van der Waals surface area contributed by atoms with Gasteiger partial charge in [0.05, 0.1) is 11.2 Å². The molecule has 0 aliphatic rings. The van der Waals surface area contributed by atoms with Crippen molar-refractivity contribution in [2.24, 2.45) is 0 Å². The van der Waals surface area contributed by atoms with Crippen molar-refractivity contribution < 1.29 is 4.79 Å². The topological polar surface area (TPSA) is 59.8 Å². The molecule has 0 fully saturated rings. The number of carbonyl (C=O) groups is 1. The summed E-state index contributed by atoms with van der Waals surface area (Å²) in [5.74, 6) is 0.109. The molecule has 5 nitrogen and oxygen atoms in total. The molecule has 0 radical (unpaired) electrons. The van der Waals surface area contributed by atoms with Gasteiger partial charge in [-0.3, -0.25) is 4.79 Å². The maximum absolute atomic E-state index is 11.9. The van der Waals surface area contributed by atoms with Crippen LogP contribution in [0.15, 0.2) is 0 Å². The average molecular weight is 330 g/mol. The smallest absolute Gasteiger partial charge is 0.220 e. The average Bonchev–Trinajstić information content (AvgIpc) is 2.81. The number of carbonyl (C=O) groups excluding carboxylic acids is 1. The van der Waals surface area contributed by atoms with Crippen LogP contribution in [0.1, 0.15) is 63.1 Å². The van der Waals surface area contributed by atoms with Gasteiger partial charge in [-0.25, -0.2) is 9.67 Å². The molecule has 0 saturated carbocycles. The van der Waals surface area contributed by atoms with E-state index in [-0.39, 0.29) is 11.4 Å². The molecule has 132 valence electrons. The molecule has 0 aliphatic carbocycles. The lowest BCUT2D eigenvalue weighted by Crippen LogP contribution is -2.24. The highest BCUT2D eigenvalue weighted by atomic mass is 16.1. The molecule has 0 spiro atoms. The van der Waals surface area contributed by atoms with E-state index in [4.69, 9.17) is 10.1 Å². The van der Waals surface area contributed by atoms with Gasteiger partial charge < -0.3 is 5.32 Å². The summed E-state index contributed by atoms with van der Waals surface area (Å²) in [6, 6.07) is 0. The van der Waals surface area contributed by atoms with Gasteiger partial charge >= 0.3 is 0 Å². The van der Waals surface area contributed by atoms with E-state index in [1.165, 1.54) is 11.1 Å². The molecule has 1 amide bonds. The maximum atomic E-state index is 11.9. The second-order valence-electron chi connectivity index (χ2n) is 7.52. The van der Waals surface area contributed by atoms with Crippen molar-refractivity contribution in [3.05, 3.63) is 22.5 Å². The fourth-order valence-corrected chi connectivity index (χ4v) is 3.13. The van der Waals surface area contributed by atoms with Gasteiger partial charge in [0.2, 0.25) is 5.91 Å². The van der Waals surface area contributed by atoms with Gasteiger partial charge in [-0.1, -0.05) is 6.92 Å². The second-order valence-corrected chi connectivity index (χ2v) is 7.52. The SMILES string of the molecule is CCCNC(=O)CCc1c(C)nc2c(c(C)nn2C(C)(C)C)c1C. The summed E-state index contributed by atoms with van der Waals surface area (Å²) in [6.45, 7) is 15.4. The zero-order valence-corrected chi connectivity index (χ0v) is 16.1. The molecule has 0 bridgehead atoms. The van der Waals surface area contributed by atoms with Gasteiger partial charge in [-0.05, 0) is 65.5 Å². The summed E-state index contributed by atoms with van der Waals surface area (Å²) in [7, 11) is 0. The Hall–Kier alpha value is -1.91. The molecule has 5 heteroatoms. The number of nitrogens with zero attached hydrogens (tertiary/aromatic N) is 3. The van der Waals surface area contributed by atoms with E-state index in [2.05, 4.69) is 39.9 Å². The Kier molecular flexibility index (Phi) is 5.31. The second kappa shape index (κ2) is 6.91. The van der Waals surface area contributed by atoms with E-state index >= 15 is 0 Å². The minimum atomic E-state index is -0.111. The van der Waals surface area contributed by atoms with Gasteiger partial charge in [-0.15, -0.1) is 0 Å². The number of amides is 1. The molecule has 2 rings (SSSR count). The zero-order valence-electron chi connectivity index (χ0n) is 16.1. The maximum Gasteiger partial charge on any atom is 0.220 e. The lowest BCUT2D eigenvalue weighted by Gasteiger charge is -2.20. The standard InChI is InChI=1S/C19H30N4O/c1-8-11-20-16(24)10-9-15-12(2)17-14(4)22-23(19(5,6)7)18(17)21-13(15)3/h8-11H2,1-7H3,(H,20,24). The first-order chi connectivity index (χ1) is 11.2. The van der Waals surface area contributed by atoms with Crippen molar-refractivity contribution >= 4 is 16.9 Å². The summed E-state index contributed by atoms with van der Waals surface area (Å²) in [6.07, 6.45) is 2.18. The molecule has 24 heavy (non-hydrogen) atoms. The van der Waals surface area contributed by atoms with Crippen molar-refractivity contribution in [1.82, 2.24) is 20.1 Å². The third-order valence-electron chi connectivity index (χ3n) is 4.38. The van der Waals surface area contributed by atoms with Crippen molar-refractivity contribution in [3.8, 4) is 0 Å². The number of rotatable bonds is 5. The molecule has 0 aliphatic heterocycles. The van der Waals surface area contributed by atoms with Crippen molar-refractivity contribution in [2.45, 2.75) is 73.3 Å². The molecule has 1 N–H and O–H groups in total. The highest BCUT2D eigenvalue weighted by Gasteiger charge is 2.23. The Labute approximate surface area is 144 Å². The fourth-order valence-electron chi connectivity index (χ4n) is 3.13. The zero-order chi connectivity index (χ0) is 18.1. The first-order valence-electron chi connectivity index (χ1n) is 8.79. The summed E-state index contributed by atoms with van der Waals surface area (Å²) >= 11 is 0. The number of fused-ring (bicyclic) bond motifs is 1. The largest absolute Gasteiger partial charge is 0.356 e. The normalized spacial score (nSPS) is 12.0. The van der Waals surface area contributed by atoms with Crippen LogP contribution < -0.4 is 5.32 Å². The third kappa shape index (κ3) is 3.60. The van der Waals surface area contributed by atoms with Crippen molar-refractivity contribution in [3.63, 3.8) is 0 Å². The van der Waals surface area contributed by atoms with Gasteiger partial charge in [0, 0.05) is 24.0 Å². The number of hydrogen-bond acceptors (Lipinski definition) is 3. The Morgan fingerprint density at radius 2 is 1.83 bits per heavy atom. The molecule has 2 heterocycles. The summed E-state index contributed by atoms with van der Waals surface area (Å²) < 4.78 is 2.01. The van der Waals surface area contributed by atoms with E-state index in [1.54, 1.807) is 0 Å². The predicted molar refractivity (Wildman–Crippen MR) is 98.4 cm³/mol. The van der Waals surface area contributed by atoms with Crippen molar-refractivity contribution in [2.75, 3.05) is 6.54 Å². The first kappa shape index (κ1) is 18.4. The molecule has 0 aromatic carbocycles. The highest BCUT2D eigenvalue weighted by molar-refractivity contribution is 5.84. The summed E-state index contributed by atoms with van der Waals surface area (Å²) in [5.41, 5.74) is 5.20. The number of hydrogen-bond donors (Lipinski definition) is 1. The first-order valence-corrected chi connectivity index (χ1v) is 8.79. The molecular formula is C19H30N4O. The monoisotopic (exact) mass is 330 g/mol. The van der Waals surface area contributed by atoms with Crippen LogP contribution in [-0.4, -0.2) is 27.2 Å². The Morgan fingerprint density at radius 1 is 1.17 bits per heavy atom. The molecular weight excluding hydrogens is 300 g/mol. The summed E-state index contributed by atoms with van der Waals surface area (Å²) in [5, 5.41) is 8.78. The van der Waals surface area contributed by atoms with Crippen LogP contribution in [0.3, 0.4) is 0 Å². The lowest BCUT2D eigenvalue weighted by atomic mass is 9.99. The van der Waals surface area contributed by atoms with Crippen LogP contribution in [0.2, 0.25) is 0 Å². The van der Waals surface area contributed by atoms with E-state index in [1.807, 2.05) is 18.5 Å². The predicted octanol–water partition coefficient (Wildman–Crippen LogP) is 3.57. The van der Waals surface area contributed by atoms with E-state index in [9.17, 15) is 4.79 Å². The fraction of sp³-hybridized carbons (Fsp3) is 0.632. The van der Waals surface area contributed by atoms with Crippen LogP contribution in [0, 0.1) is 20.8 Å². The third-order valence-corrected chi connectivity index (χ3v) is 4.38. The number of aromatic nitrogens is 3. The van der Waals surface area contributed by atoms with Gasteiger partial charge in [0.25, 0.3) is 0 Å². The Morgan fingerprint density at radius 3 is 2.42 bits per heavy atom. The number of aryl methyl sites for hydroxylation is 3. The van der Waals surface area contributed by atoms with E-state index < -0.39 is 0 Å². The Bertz CT molecular complexity index is 753. The molecule has 0 unspecified atom stereocenters. The van der Waals surface area contributed by atoms with Crippen molar-refractivity contribution in [1.29, 1.82) is 0 Å². The van der Waals surface area contributed by atoms with Crippen LogP contribution in [0.5, 0.6) is 0 Å². The number of nitrogens with one attached hydrogen (secondary N) is 1. The Balaban J connectivity index is 2.40. The van der Waals surface area contributed by atoms with Gasteiger partial charge in [0.15, 0.2) is 5.65 Å². The number of pyridine rings is 1. The molecule has 0 atom stereocenters. The molecule has 2 aromatic heterocycles. The van der Waals surface area contributed by atoms with Crippen LogP contribution in [0.4, 0.5) is 0 Å². The van der Waals surface area contributed by atoms with Crippen LogP contribution in [-0.2, 0) is 16.8 Å². The lowest BCUT2D eigenvalue weighted by molar-refractivity contribution is -0.121. The molecule has 0 saturated heterocycles. The van der Waals surface area contributed by atoms with Crippen LogP contribution in [0.25, 0.3) is 11.0 Å². The minimum absolute atomic E-state index is 0.109. The van der Waals surface area contributed by atoms with E-state index in [0.717, 1.165) is 41.8 Å². The quantitative estimate of drug-likeness (QED) is 0.911. The summed E-state index contributed by atoms with van der Waals surface area (Å²) in [4.78, 5) is 16.7. The van der Waals surface area contributed by atoms with Crippen LogP contribution >= 0.6 is 0 Å². The van der Waals surface area contributed by atoms with E-state index in [0.29, 0.717) is 6.42 Å². The highest BCUT2D eigenvalue weighted by Crippen LogP contribution is 2.29.